The normalized spacial score (nSPS) is 20.6. The Kier molecular flexibility index (Phi) is 6.31. The summed E-state index contributed by atoms with van der Waals surface area (Å²) in [6.45, 7) is 5.49. The molecule has 2 atom stereocenters. The standard InChI is InChI=1S/C15H22BrNO2/c1-12(9-17-10-15-3-2-8-18-15)19-11-13-4-6-14(16)7-5-13/h4-7,12,15,17H,2-3,8-11H2,1H3. The van der Waals surface area contributed by atoms with Crippen molar-refractivity contribution in [1.29, 1.82) is 0 Å². The van der Waals surface area contributed by atoms with Crippen LogP contribution in [0.2, 0.25) is 0 Å². The Balaban J connectivity index is 1.58. The van der Waals surface area contributed by atoms with Crippen molar-refractivity contribution in [3.05, 3.63) is 34.3 Å². The highest BCUT2D eigenvalue weighted by atomic mass is 79.9. The van der Waals surface area contributed by atoms with E-state index in [4.69, 9.17) is 9.47 Å². The van der Waals surface area contributed by atoms with E-state index >= 15 is 0 Å². The van der Waals surface area contributed by atoms with Gasteiger partial charge in [0.25, 0.3) is 0 Å². The molecule has 19 heavy (non-hydrogen) atoms. The zero-order chi connectivity index (χ0) is 13.5. The summed E-state index contributed by atoms with van der Waals surface area (Å²) < 4.78 is 12.5. The summed E-state index contributed by atoms with van der Waals surface area (Å²) >= 11 is 3.43. The lowest BCUT2D eigenvalue weighted by atomic mass is 10.2. The molecule has 0 spiro atoms. The summed E-state index contributed by atoms with van der Waals surface area (Å²) in [5, 5.41) is 3.41. The van der Waals surface area contributed by atoms with Crippen LogP contribution in [-0.2, 0) is 16.1 Å². The molecular formula is C15H22BrNO2. The van der Waals surface area contributed by atoms with Gasteiger partial charge in [-0.05, 0) is 37.5 Å². The first kappa shape index (κ1) is 15.0. The molecule has 3 nitrogen and oxygen atoms in total. The van der Waals surface area contributed by atoms with Crippen LogP contribution in [0, 0.1) is 0 Å². The van der Waals surface area contributed by atoms with Gasteiger partial charge in [0.2, 0.25) is 0 Å². The topological polar surface area (TPSA) is 30.5 Å². The van der Waals surface area contributed by atoms with Crippen molar-refractivity contribution >= 4 is 15.9 Å². The summed E-state index contributed by atoms with van der Waals surface area (Å²) in [5.41, 5.74) is 1.20. The molecule has 1 saturated heterocycles. The molecule has 1 heterocycles. The average molecular weight is 328 g/mol. The Hall–Kier alpha value is -0.420. The van der Waals surface area contributed by atoms with E-state index in [1.54, 1.807) is 0 Å². The fraction of sp³-hybridized carbons (Fsp3) is 0.600. The SMILES string of the molecule is CC(CNCC1CCCO1)OCc1ccc(Br)cc1. The third kappa shape index (κ3) is 5.61. The molecule has 0 aromatic heterocycles. The number of benzene rings is 1. The zero-order valence-corrected chi connectivity index (χ0v) is 13.0. The largest absolute Gasteiger partial charge is 0.377 e. The van der Waals surface area contributed by atoms with E-state index < -0.39 is 0 Å². The van der Waals surface area contributed by atoms with E-state index in [2.05, 4.69) is 40.3 Å². The Bertz CT molecular complexity index is 363. The molecule has 1 aliphatic rings. The quantitative estimate of drug-likeness (QED) is 0.834. The fourth-order valence-corrected chi connectivity index (χ4v) is 2.40. The van der Waals surface area contributed by atoms with Gasteiger partial charge in [0.15, 0.2) is 0 Å². The molecule has 1 fully saturated rings. The number of ether oxygens (including phenoxy) is 2. The van der Waals surface area contributed by atoms with Crippen LogP contribution in [0.1, 0.15) is 25.3 Å². The first-order chi connectivity index (χ1) is 9.24. The zero-order valence-electron chi connectivity index (χ0n) is 11.4. The van der Waals surface area contributed by atoms with E-state index in [9.17, 15) is 0 Å². The van der Waals surface area contributed by atoms with Crippen molar-refractivity contribution < 1.29 is 9.47 Å². The summed E-state index contributed by atoms with van der Waals surface area (Å²) in [6.07, 6.45) is 2.99. The molecule has 0 saturated carbocycles. The van der Waals surface area contributed by atoms with Gasteiger partial charge < -0.3 is 14.8 Å². The lowest BCUT2D eigenvalue weighted by Crippen LogP contribution is -2.32. The van der Waals surface area contributed by atoms with Crippen molar-refractivity contribution in [2.24, 2.45) is 0 Å². The average Bonchev–Trinajstić information content (AvgIpc) is 2.91. The number of nitrogens with one attached hydrogen (secondary N) is 1. The minimum absolute atomic E-state index is 0.213. The third-order valence-electron chi connectivity index (χ3n) is 3.28. The first-order valence-electron chi connectivity index (χ1n) is 6.92. The van der Waals surface area contributed by atoms with E-state index in [0.717, 1.165) is 24.2 Å². The van der Waals surface area contributed by atoms with Crippen LogP contribution in [0.25, 0.3) is 0 Å². The fourth-order valence-electron chi connectivity index (χ4n) is 2.13. The van der Waals surface area contributed by atoms with Crippen LogP contribution in [0.5, 0.6) is 0 Å². The van der Waals surface area contributed by atoms with Gasteiger partial charge in [-0.25, -0.2) is 0 Å². The molecule has 1 aromatic rings. The van der Waals surface area contributed by atoms with Gasteiger partial charge in [-0.15, -0.1) is 0 Å². The maximum Gasteiger partial charge on any atom is 0.0721 e. The van der Waals surface area contributed by atoms with Crippen LogP contribution in [-0.4, -0.2) is 31.9 Å². The number of hydrogen-bond acceptors (Lipinski definition) is 3. The van der Waals surface area contributed by atoms with Crippen LogP contribution >= 0.6 is 15.9 Å². The van der Waals surface area contributed by atoms with Crippen LogP contribution in [0.3, 0.4) is 0 Å². The van der Waals surface area contributed by atoms with Gasteiger partial charge in [-0.2, -0.15) is 0 Å². The summed E-state index contributed by atoms with van der Waals surface area (Å²) in [7, 11) is 0. The molecule has 2 rings (SSSR count). The molecule has 1 aliphatic heterocycles. The van der Waals surface area contributed by atoms with Crippen LogP contribution in [0.15, 0.2) is 28.7 Å². The molecule has 4 heteroatoms. The van der Waals surface area contributed by atoms with Gasteiger partial charge in [-0.1, -0.05) is 28.1 Å². The summed E-state index contributed by atoms with van der Waals surface area (Å²) in [4.78, 5) is 0. The lowest BCUT2D eigenvalue weighted by molar-refractivity contribution is 0.0486. The maximum absolute atomic E-state index is 5.81. The van der Waals surface area contributed by atoms with Gasteiger partial charge in [0.05, 0.1) is 18.8 Å². The minimum atomic E-state index is 0.213. The third-order valence-corrected chi connectivity index (χ3v) is 3.80. The molecule has 106 valence electrons. The minimum Gasteiger partial charge on any atom is -0.377 e. The van der Waals surface area contributed by atoms with Gasteiger partial charge in [0.1, 0.15) is 0 Å². The molecular weight excluding hydrogens is 306 g/mol. The molecule has 2 unspecified atom stereocenters. The van der Waals surface area contributed by atoms with Crippen molar-refractivity contribution in [1.82, 2.24) is 5.32 Å². The van der Waals surface area contributed by atoms with E-state index in [-0.39, 0.29) is 6.10 Å². The first-order valence-corrected chi connectivity index (χ1v) is 7.71. The lowest BCUT2D eigenvalue weighted by Gasteiger charge is -2.16. The Morgan fingerprint density at radius 2 is 2.21 bits per heavy atom. The highest BCUT2D eigenvalue weighted by Gasteiger charge is 2.14. The van der Waals surface area contributed by atoms with Crippen molar-refractivity contribution in [2.75, 3.05) is 19.7 Å². The molecule has 0 aliphatic carbocycles. The molecule has 0 radical (unpaired) electrons. The summed E-state index contributed by atoms with van der Waals surface area (Å²) in [5.74, 6) is 0. The van der Waals surface area contributed by atoms with Gasteiger partial charge >= 0.3 is 0 Å². The smallest absolute Gasteiger partial charge is 0.0721 e. The van der Waals surface area contributed by atoms with Crippen LogP contribution < -0.4 is 5.32 Å². The Labute approximate surface area is 123 Å². The predicted molar refractivity (Wildman–Crippen MR) is 80.2 cm³/mol. The van der Waals surface area contributed by atoms with Gasteiger partial charge in [0, 0.05) is 24.2 Å². The Morgan fingerprint density at radius 3 is 2.89 bits per heavy atom. The Morgan fingerprint density at radius 1 is 1.42 bits per heavy atom. The van der Waals surface area contributed by atoms with Crippen molar-refractivity contribution in [3.8, 4) is 0 Å². The van der Waals surface area contributed by atoms with Crippen molar-refractivity contribution in [2.45, 2.75) is 38.6 Å². The summed E-state index contributed by atoms with van der Waals surface area (Å²) in [6, 6.07) is 8.24. The second-order valence-corrected chi connectivity index (χ2v) is 5.96. The molecule has 0 bridgehead atoms. The van der Waals surface area contributed by atoms with Gasteiger partial charge in [-0.3, -0.25) is 0 Å². The second-order valence-electron chi connectivity index (χ2n) is 5.04. The van der Waals surface area contributed by atoms with Crippen LogP contribution in [0.4, 0.5) is 0 Å². The number of halogens is 1. The monoisotopic (exact) mass is 327 g/mol. The molecule has 1 aromatic carbocycles. The highest BCUT2D eigenvalue weighted by molar-refractivity contribution is 9.10. The van der Waals surface area contributed by atoms with Crippen molar-refractivity contribution in [3.63, 3.8) is 0 Å². The second kappa shape index (κ2) is 8.00. The molecule has 0 amide bonds. The van der Waals surface area contributed by atoms with E-state index in [1.807, 2.05) is 12.1 Å². The van der Waals surface area contributed by atoms with E-state index in [1.165, 1.54) is 18.4 Å². The predicted octanol–water partition coefficient (Wildman–Crippen LogP) is 3.12. The number of rotatable bonds is 7. The highest BCUT2D eigenvalue weighted by Crippen LogP contribution is 2.12. The maximum atomic E-state index is 5.81. The molecule has 1 N–H and O–H groups in total. The number of hydrogen-bond donors (Lipinski definition) is 1. The van der Waals surface area contributed by atoms with E-state index in [0.29, 0.717) is 12.7 Å².